The number of carbonyl (C=O) groups is 1. The van der Waals surface area contributed by atoms with E-state index in [0.29, 0.717) is 6.42 Å². The van der Waals surface area contributed by atoms with Crippen LogP contribution in [0.1, 0.15) is 18.4 Å². The Bertz CT molecular complexity index is 850. The smallest absolute Gasteiger partial charge is 0.249 e. The molecule has 2 aliphatic heterocycles. The van der Waals surface area contributed by atoms with Crippen LogP contribution < -0.4 is 15.2 Å². The van der Waals surface area contributed by atoms with E-state index in [1.54, 1.807) is 19.2 Å². The van der Waals surface area contributed by atoms with Gasteiger partial charge < -0.3 is 14.2 Å². The van der Waals surface area contributed by atoms with Crippen molar-refractivity contribution in [3.05, 3.63) is 71.9 Å². The molecule has 1 fully saturated rings. The van der Waals surface area contributed by atoms with Gasteiger partial charge in [-0.25, -0.2) is 5.01 Å². The second-order valence-corrected chi connectivity index (χ2v) is 6.55. The maximum atomic E-state index is 13.1. The molecule has 0 radical (unpaired) electrons. The molecule has 2 aromatic rings. The Kier molecular flexibility index (Phi) is 4.59. The van der Waals surface area contributed by atoms with Crippen LogP contribution in [0.3, 0.4) is 0 Å². The van der Waals surface area contributed by atoms with Crippen molar-refractivity contribution in [2.24, 2.45) is 0 Å². The van der Waals surface area contributed by atoms with Crippen LogP contribution in [-0.4, -0.2) is 26.4 Å². The zero-order valence-corrected chi connectivity index (χ0v) is 15.3. The molecule has 2 heterocycles. The predicted octanol–water partition coefficient (Wildman–Crippen LogP) is 3.11. The number of benzene rings is 2. The number of amides is 1. The summed E-state index contributed by atoms with van der Waals surface area (Å²) >= 11 is 0. The summed E-state index contributed by atoms with van der Waals surface area (Å²) in [6.07, 6.45) is 2.45. The summed E-state index contributed by atoms with van der Waals surface area (Å²) in [4.78, 5) is 13.1. The van der Waals surface area contributed by atoms with Crippen LogP contribution in [0, 0.1) is 0 Å². The molecule has 1 N–H and O–H groups in total. The standard InChI is InChI=1S/C21H22N2O4/c1-25-17-10-8-16(9-11-17)23-19(24)14-21(15-6-4-3-5-7-15)18(22-23)12-13-20(26-2)27-21/h3-12,20,22H,13-14H2,1-2H3/t20-,21+/m0/s1. The molecule has 27 heavy (non-hydrogen) atoms. The van der Waals surface area contributed by atoms with Crippen molar-refractivity contribution >= 4 is 11.6 Å². The second kappa shape index (κ2) is 7.06. The van der Waals surface area contributed by atoms with Crippen LogP contribution >= 0.6 is 0 Å². The van der Waals surface area contributed by atoms with Gasteiger partial charge in [-0.3, -0.25) is 10.2 Å². The molecule has 2 atom stereocenters. The van der Waals surface area contributed by atoms with Gasteiger partial charge in [-0.2, -0.15) is 0 Å². The van der Waals surface area contributed by atoms with Gasteiger partial charge in [0.05, 0.1) is 24.9 Å². The number of hydrogen-bond acceptors (Lipinski definition) is 5. The van der Waals surface area contributed by atoms with Crippen molar-refractivity contribution in [3.8, 4) is 5.75 Å². The SMILES string of the molecule is COc1ccc(N2NC3=CC[C@@H](OC)O[C@@]3(c3ccccc3)CC2=O)cc1. The first-order valence-electron chi connectivity index (χ1n) is 8.87. The molecule has 0 saturated carbocycles. The third kappa shape index (κ3) is 3.07. The number of fused-ring (bicyclic) bond motifs is 1. The number of ether oxygens (including phenoxy) is 3. The summed E-state index contributed by atoms with van der Waals surface area (Å²) in [5.74, 6) is 0.655. The average molecular weight is 366 g/mol. The Labute approximate surface area is 158 Å². The van der Waals surface area contributed by atoms with Gasteiger partial charge in [-0.05, 0) is 29.8 Å². The van der Waals surface area contributed by atoms with E-state index in [1.807, 2.05) is 60.7 Å². The monoisotopic (exact) mass is 366 g/mol. The van der Waals surface area contributed by atoms with Gasteiger partial charge in [0.1, 0.15) is 11.4 Å². The van der Waals surface area contributed by atoms with Crippen molar-refractivity contribution in [2.75, 3.05) is 19.2 Å². The van der Waals surface area contributed by atoms with Gasteiger partial charge in [-0.1, -0.05) is 36.4 Å². The summed E-state index contributed by atoms with van der Waals surface area (Å²) in [6, 6.07) is 17.1. The molecule has 1 saturated heterocycles. The molecule has 4 rings (SSSR count). The molecule has 6 heteroatoms. The molecule has 0 unspecified atom stereocenters. The zero-order chi connectivity index (χ0) is 18.9. The number of anilines is 1. The van der Waals surface area contributed by atoms with E-state index in [-0.39, 0.29) is 12.3 Å². The van der Waals surface area contributed by atoms with E-state index in [1.165, 1.54) is 0 Å². The van der Waals surface area contributed by atoms with Crippen molar-refractivity contribution in [1.29, 1.82) is 0 Å². The molecule has 2 aliphatic rings. The maximum absolute atomic E-state index is 13.1. The highest BCUT2D eigenvalue weighted by atomic mass is 16.7. The Morgan fingerprint density at radius 1 is 1.11 bits per heavy atom. The first-order chi connectivity index (χ1) is 13.2. The summed E-state index contributed by atoms with van der Waals surface area (Å²) in [6.45, 7) is 0. The Morgan fingerprint density at radius 3 is 2.52 bits per heavy atom. The Hall–Kier alpha value is -2.83. The van der Waals surface area contributed by atoms with Crippen LogP contribution in [0.25, 0.3) is 0 Å². The minimum Gasteiger partial charge on any atom is -0.497 e. The number of carbonyl (C=O) groups excluding carboxylic acids is 1. The van der Waals surface area contributed by atoms with Crippen molar-refractivity contribution in [1.82, 2.24) is 5.43 Å². The number of nitrogens with one attached hydrogen (secondary N) is 1. The lowest BCUT2D eigenvalue weighted by Gasteiger charge is -2.47. The van der Waals surface area contributed by atoms with E-state index < -0.39 is 11.9 Å². The number of rotatable bonds is 4. The molecule has 1 amide bonds. The average Bonchev–Trinajstić information content (AvgIpc) is 2.73. The highest BCUT2D eigenvalue weighted by Crippen LogP contribution is 2.44. The minimum atomic E-state index is -0.875. The normalized spacial score (nSPS) is 24.7. The van der Waals surface area contributed by atoms with Crippen LogP contribution in [0.2, 0.25) is 0 Å². The van der Waals surface area contributed by atoms with Crippen LogP contribution in [-0.2, 0) is 19.9 Å². The van der Waals surface area contributed by atoms with Gasteiger partial charge in [0, 0.05) is 13.5 Å². The van der Waals surface area contributed by atoms with Crippen LogP contribution in [0.4, 0.5) is 5.69 Å². The molecule has 0 bridgehead atoms. The van der Waals surface area contributed by atoms with Crippen molar-refractivity contribution < 1.29 is 19.0 Å². The third-order valence-electron chi connectivity index (χ3n) is 5.00. The van der Waals surface area contributed by atoms with Gasteiger partial charge in [-0.15, -0.1) is 0 Å². The summed E-state index contributed by atoms with van der Waals surface area (Å²) in [5, 5.41) is 1.56. The van der Waals surface area contributed by atoms with E-state index in [2.05, 4.69) is 5.43 Å². The molecule has 6 nitrogen and oxygen atoms in total. The molecule has 140 valence electrons. The molecular formula is C21H22N2O4. The molecule has 0 spiro atoms. The Balaban J connectivity index is 1.71. The fourth-order valence-electron chi connectivity index (χ4n) is 3.58. The lowest BCUT2D eigenvalue weighted by molar-refractivity contribution is -0.204. The summed E-state index contributed by atoms with van der Waals surface area (Å²) in [5.41, 5.74) is 4.91. The molecule has 2 aromatic carbocycles. The first kappa shape index (κ1) is 17.6. The highest BCUT2D eigenvalue weighted by Gasteiger charge is 2.49. The quantitative estimate of drug-likeness (QED) is 0.901. The van der Waals surface area contributed by atoms with Crippen LogP contribution in [0.15, 0.2) is 66.4 Å². The van der Waals surface area contributed by atoms with Gasteiger partial charge >= 0.3 is 0 Å². The van der Waals surface area contributed by atoms with Crippen molar-refractivity contribution in [3.63, 3.8) is 0 Å². The number of nitrogens with zero attached hydrogens (tertiary/aromatic N) is 1. The number of methoxy groups -OCH3 is 2. The minimum absolute atomic E-state index is 0.0853. The molecular weight excluding hydrogens is 344 g/mol. The topological polar surface area (TPSA) is 60.0 Å². The van der Waals surface area contributed by atoms with E-state index in [9.17, 15) is 4.79 Å². The summed E-state index contributed by atoms with van der Waals surface area (Å²) in [7, 11) is 3.23. The van der Waals surface area contributed by atoms with Crippen molar-refractivity contribution in [2.45, 2.75) is 24.7 Å². The van der Waals surface area contributed by atoms with Gasteiger partial charge in [0.2, 0.25) is 5.91 Å². The lowest BCUT2D eigenvalue weighted by atomic mass is 9.83. The fourth-order valence-corrected chi connectivity index (χ4v) is 3.58. The van der Waals surface area contributed by atoms with Crippen LogP contribution in [0.5, 0.6) is 5.75 Å². The Morgan fingerprint density at radius 2 is 1.85 bits per heavy atom. The third-order valence-corrected chi connectivity index (χ3v) is 5.00. The van der Waals surface area contributed by atoms with E-state index >= 15 is 0 Å². The lowest BCUT2D eigenvalue weighted by Crippen LogP contribution is -2.58. The predicted molar refractivity (Wildman–Crippen MR) is 101 cm³/mol. The van der Waals surface area contributed by atoms with Gasteiger partial charge in [0.15, 0.2) is 6.29 Å². The summed E-state index contributed by atoms with van der Waals surface area (Å²) < 4.78 is 16.9. The number of hydrogen-bond donors (Lipinski definition) is 1. The fraction of sp³-hybridized carbons (Fsp3) is 0.286. The second-order valence-electron chi connectivity index (χ2n) is 6.55. The van der Waals surface area contributed by atoms with E-state index in [0.717, 1.165) is 22.7 Å². The maximum Gasteiger partial charge on any atom is 0.249 e. The largest absolute Gasteiger partial charge is 0.497 e. The first-order valence-corrected chi connectivity index (χ1v) is 8.87. The molecule has 0 aromatic heterocycles. The highest BCUT2D eigenvalue weighted by molar-refractivity contribution is 5.95. The number of hydrazine groups is 1. The van der Waals surface area contributed by atoms with E-state index in [4.69, 9.17) is 14.2 Å². The zero-order valence-electron chi connectivity index (χ0n) is 15.3. The molecule has 0 aliphatic carbocycles. The van der Waals surface area contributed by atoms with Gasteiger partial charge in [0.25, 0.3) is 0 Å².